The average molecular weight is 356 g/mol. The second kappa shape index (κ2) is 7.08. The van der Waals surface area contributed by atoms with Crippen LogP contribution in [0.25, 0.3) is 0 Å². The number of halogens is 1. The minimum Gasteiger partial charge on any atom is -0.268 e. The van der Waals surface area contributed by atoms with Crippen molar-refractivity contribution in [2.45, 2.75) is 13.0 Å². The number of nitriles is 1. The minimum atomic E-state index is -0.179. The van der Waals surface area contributed by atoms with E-state index in [1.165, 1.54) is 0 Å². The molecule has 2 aromatic rings. The van der Waals surface area contributed by atoms with Crippen LogP contribution in [0.15, 0.2) is 53.5 Å². The number of hydrogen-bond donors (Lipinski definition) is 0. The van der Waals surface area contributed by atoms with Crippen LogP contribution in [0.2, 0.25) is 5.02 Å². The van der Waals surface area contributed by atoms with Crippen LogP contribution in [0.5, 0.6) is 0 Å². The third kappa shape index (κ3) is 3.45. The number of amides is 1. The summed E-state index contributed by atoms with van der Waals surface area (Å²) in [7, 11) is 0. The van der Waals surface area contributed by atoms with Crippen molar-refractivity contribution in [2.75, 3.05) is 10.7 Å². The summed E-state index contributed by atoms with van der Waals surface area (Å²) in [6.45, 7) is 2.02. The lowest BCUT2D eigenvalue weighted by Crippen LogP contribution is -2.34. The Hall–Kier alpha value is -2.29. The number of hydrogen-bond acceptors (Lipinski definition) is 4. The molecule has 3 rings (SSSR count). The standard InChI is InChI=1S/C18H14ClN3OS/c1-12-11-24-18(21-12)22(16-8-6-15(19)7-9-16)17(23)14-4-2-13(10-20)3-5-14/h2-9,12H,11H2,1H3/t12-/m1/s1. The van der Waals surface area contributed by atoms with Gasteiger partial charge in [-0.3, -0.25) is 14.7 Å². The van der Waals surface area contributed by atoms with Crippen LogP contribution in [0.3, 0.4) is 0 Å². The monoisotopic (exact) mass is 355 g/mol. The molecule has 24 heavy (non-hydrogen) atoms. The lowest BCUT2D eigenvalue weighted by Gasteiger charge is -2.22. The van der Waals surface area contributed by atoms with Crippen molar-refractivity contribution in [1.82, 2.24) is 0 Å². The van der Waals surface area contributed by atoms with Crippen molar-refractivity contribution in [1.29, 1.82) is 5.26 Å². The highest BCUT2D eigenvalue weighted by atomic mass is 35.5. The molecule has 0 fully saturated rings. The van der Waals surface area contributed by atoms with E-state index in [1.807, 2.05) is 6.92 Å². The summed E-state index contributed by atoms with van der Waals surface area (Å²) in [5.74, 6) is 0.669. The van der Waals surface area contributed by atoms with Crippen molar-refractivity contribution in [2.24, 2.45) is 4.99 Å². The van der Waals surface area contributed by atoms with Crippen LogP contribution in [-0.4, -0.2) is 22.9 Å². The SMILES string of the molecule is C[C@@H]1CSC(N(C(=O)c2ccc(C#N)cc2)c2ccc(Cl)cc2)=N1. The number of benzene rings is 2. The summed E-state index contributed by atoms with van der Waals surface area (Å²) < 4.78 is 0. The molecule has 0 saturated carbocycles. The van der Waals surface area contributed by atoms with E-state index in [-0.39, 0.29) is 11.9 Å². The van der Waals surface area contributed by atoms with Crippen molar-refractivity contribution >= 4 is 40.1 Å². The van der Waals surface area contributed by atoms with Gasteiger partial charge in [0, 0.05) is 16.3 Å². The largest absolute Gasteiger partial charge is 0.268 e. The van der Waals surface area contributed by atoms with Gasteiger partial charge in [-0.05, 0) is 55.5 Å². The number of amidine groups is 1. The lowest BCUT2D eigenvalue weighted by molar-refractivity contribution is 0.100. The van der Waals surface area contributed by atoms with Gasteiger partial charge in [-0.25, -0.2) is 0 Å². The molecule has 1 atom stereocenters. The molecule has 120 valence electrons. The molecule has 0 aromatic heterocycles. The Labute approximate surface area is 149 Å². The molecule has 2 aromatic carbocycles. The fourth-order valence-corrected chi connectivity index (χ4v) is 3.46. The highest BCUT2D eigenvalue weighted by Gasteiger charge is 2.27. The van der Waals surface area contributed by atoms with E-state index in [9.17, 15) is 4.79 Å². The third-order valence-electron chi connectivity index (χ3n) is 3.52. The Kier molecular flexibility index (Phi) is 4.89. The van der Waals surface area contributed by atoms with Crippen LogP contribution >= 0.6 is 23.4 Å². The summed E-state index contributed by atoms with van der Waals surface area (Å²) >= 11 is 7.52. The quantitative estimate of drug-likeness (QED) is 0.804. The number of nitrogens with zero attached hydrogens (tertiary/aromatic N) is 3. The average Bonchev–Trinajstić information content (AvgIpc) is 3.03. The number of carbonyl (C=O) groups is 1. The van der Waals surface area contributed by atoms with Gasteiger partial charge in [0.1, 0.15) is 0 Å². The third-order valence-corrected chi connectivity index (χ3v) is 4.97. The Balaban J connectivity index is 2.00. The van der Waals surface area contributed by atoms with Crippen LogP contribution in [0, 0.1) is 11.3 Å². The van der Waals surface area contributed by atoms with Crippen molar-refractivity contribution in [3.63, 3.8) is 0 Å². The fraction of sp³-hybridized carbons (Fsp3) is 0.167. The number of aliphatic imine (C=N–C) groups is 1. The van der Waals surface area contributed by atoms with Crippen molar-refractivity contribution < 1.29 is 4.79 Å². The zero-order chi connectivity index (χ0) is 17.1. The highest BCUT2D eigenvalue weighted by Crippen LogP contribution is 2.28. The molecular weight excluding hydrogens is 342 g/mol. The normalized spacial score (nSPS) is 16.4. The van der Waals surface area contributed by atoms with Gasteiger partial charge in [-0.2, -0.15) is 5.26 Å². The maximum atomic E-state index is 13.0. The molecule has 0 bridgehead atoms. The molecule has 1 aliphatic heterocycles. The van der Waals surface area contributed by atoms with E-state index < -0.39 is 0 Å². The zero-order valence-electron chi connectivity index (χ0n) is 12.9. The molecule has 0 spiro atoms. The summed E-state index contributed by atoms with van der Waals surface area (Å²) in [4.78, 5) is 19.2. The van der Waals surface area contributed by atoms with Crippen LogP contribution < -0.4 is 4.90 Å². The maximum Gasteiger partial charge on any atom is 0.264 e. The van der Waals surface area contributed by atoms with Gasteiger partial charge >= 0.3 is 0 Å². The number of anilines is 1. The number of thioether (sulfide) groups is 1. The first-order valence-corrected chi connectivity index (χ1v) is 8.75. The van der Waals surface area contributed by atoms with E-state index in [0.717, 1.165) is 5.75 Å². The molecule has 1 amide bonds. The predicted octanol–water partition coefficient (Wildman–Crippen LogP) is 4.35. The van der Waals surface area contributed by atoms with Gasteiger partial charge in [0.2, 0.25) is 0 Å². The second-order valence-corrected chi connectivity index (χ2v) is 6.80. The van der Waals surface area contributed by atoms with Crippen LogP contribution in [0.4, 0.5) is 5.69 Å². The van der Waals surface area contributed by atoms with Crippen molar-refractivity contribution in [3.8, 4) is 6.07 Å². The fourth-order valence-electron chi connectivity index (χ4n) is 2.30. The maximum absolute atomic E-state index is 13.0. The summed E-state index contributed by atoms with van der Waals surface area (Å²) in [5.41, 5.74) is 1.74. The second-order valence-electron chi connectivity index (χ2n) is 5.38. The topological polar surface area (TPSA) is 56.5 Å². The van der Waals surface area contributed by atoms with Gasteiger partial charge < -0.3 is 0 Å². The Morgan fingerprint density at radius 1 is 1.25 bits per heavy atom. The molecular formula is C18H14ClN3OS. The Bertz CT molecular complexity index is 825. The molecule has 6 heteroatoms. The first-order valence-electron chi connectivity index (χ1n) is 7.39. The molecule has 1 heterocycles. The lowest BCUT2D eigenvalue weighted by atomic mass is 10.1. The smallest absolute Gasteiger partial charge is 0.264 e. The summed E-state index contributed by atoms with van der Waals surface area (Å²) in [5, 5.41) is 10.2. The molecule has 1 aliphatic rings. The molecule has 0 N–H and O–H groups in total. The molecule has 4 nitrogen and oxygen atoms in total. The molecule has 0 saturated heterocycles. The highest BCUT2D eigenvalue weighted by molar-refractivity contribution is 8.14. The Morgan fingerprint density at radius 2 is 1.92 bits per heavy atom. The van der Waals surface area contributed by atoms with E-state index in [1.54, 1.807) is 65.2 Å². The number of rotatable bonds is 2. The number of carbonyl (C=O) groups excluding carboxylic acids is 1. The van der Waals surface area contributed by atoms with E-state index in [2.05, 4.69) is 11.1 Å². The van der Waals surface area contributed by atoms with E-state index >= 15 is 0 Å². The van der Waals surface area contributed by atoms with E-state index in [4.69, 9.17) is 16.9 Å². The van der Waals surface area contributed by atoms with Gasteiger partial charge in [0.05, 0.1) is 23.4 Å². The molecule has 0 radical (unpaired) electrons. The van der Waals surface area contributed by atoms with E-state index in [0.29, 0.717) is 27.0 Å². The molecule has 0 aliphatic carbocycles. The first kappa shape index (κ1) is 16.6. The Morgan fingerprint density at radius 3 is 2.46 bits per heavy atom. The first-order chi connectivity index (χ1) is 11.6. The molecule has 0 unspecified atom stereocenters. The minimum absolute atomic E-state index is 0.175. The van der Waals surface area contributed by atoms with Gasteiger partial charge in [-0.1, -0.05) is 23.4 Å². The van der Waals surface area contributed by atoms with Gasteiger partial charge in [0.15, 0.2) is 5.17 Å². The summed E-state index contributed by atoms with van der Waals surface area (Å²) in [6.07, 6.45) is 0. The zero-order valence-corrected chi connectivity index (χ0v) is 14.5. The van der Waals surface area contributed by atoms with Crippen molar-refractivity contribution in [3.05, 3.63) is 64.7 Å². The van der Waals surface area contributed by atoms with Crippen LogP contribution in [-0.2, 0) is 0 Å². The predicted molar refractivity (Wildman–Crippen MR) is 98.8 cm³/mol. The van der Waals surface area contributed by atoms with Crippen LogP contribution in [0.1, 0.15) is 22.8 Å². The summed E-state index contributed by atoms with van der Waals surface area (Å²) in [6, 6.07) is 15.9. The van der Waals surface area contributed by atoms with Gasteiger partial charge in [-0.15, -0.1) is 0 Å². The van der Waals surface area contributed by atoms with Gasteiger partial charge in [0.25, 0.3) is 5.91 Å².